The number of aryl methyl sites for hydroxylation is 1. The molecule has 3 atom stereocenters. The maximum Gasteiger partial charge on any atom is 0.271 e. The Morgan fingerprint density at radius 1 is 0.977 bits per heavy atom. The molecule has 6 rings (SSSR count). The molecule has 2 aromatic carbocycles. The maximum atomic E-state index is 13.1. The number of nitrogens with one attached hydrogen (secondary N) is 2. The molecule has 4 heterocycles. The number of nitrogens with zero attached hydrogens (tertiary/aromatic N) is 4. The molecule has 44 heavy (non-hydrogen) atoms. The number of anilines is 1. The average molecular weight is 599 g/mol. The third-order valence-electron chi connectivity index (χ3n) is 8.64. The fourth-order valence-corrected chi connectivity index (χ4v) is 6.28. The first-order valence-corrected chi connectivity index (χ1v) is 14.6. The Kier molecular flexibility index (Phi) is 7.76. The zero-order valence-electron chi connectivity index (χ0n) is 24.8. The second kappa shape index (κ2) is 11.7. The molecule has 12 heteroatoms. The Hall–Kier alpha value is -4.84. The van der Waals surface area contributed by atoms with Gasteiger partial charge in [0.1, 0.15) is 18.4 Å². The molecule has 0 radical (unpaired) electrons. The smallest absolute Gasteiger partial charge is 0.271 e. The van der Waals surface area contributed by atoms with Crippen molar-refractivity contribution in [3.8, 4) is 5.75 Å². The number of amides is 4. The van der Waals surface area contributed by atoms with Crippen LogP contribution in [0.3, 0.4) is 0 Å². The standard InChI is InChI=1S/C32H34N6O6/c1-18-26(14-33-37(3)30(18)41)34-22-12-21(15-36(2)16-22)20-6-4-19(5-7-20)17-44-23-8-9-24-25(13-23)32(43)38(31(24)42)27-10-11-28(39)35-29(27)40/h4-9,13-14,21-22,27,34H,10-12,15-17H2,1-3H3,(H,35,39,40). The summed E-state index contributed by atoms with van der Waals surface area (Å²) in [4.78, 5) is 65.4. The molecule has 0 bridgehead atoms. The molecule has 3 aromatic rings. The van der Waals surface area contributed by atoms with Crippen LogP contribution in [-0.2, 0) is 23.2 Å². The number of benzene rings is 2. The number of aromatic nitrogens is 2. The minimum atomic E-state index is -1.01. The van der Waals surface area contributed by atoms with E-state index < -0.39 is 29.7 Å². The van der Waals surface area contributed by atoms with Gasteiger partial charge in [-0.1, -0.05) is 24.3 Å². The molecule has 4 amide bonds. The van der Waals surface area contributed by atoms with Crippen molar-refractivity contribution < 1.29 is 23.9 Å². The molecule has 3 aliphatic heterocycles. The van der Waals surface area contributed by atoms with Crippen molar-refractivity contribution in [2.45, 2.75) is 50.8 Å². The van der Waals surface area contributed by atoms with Gasteiger partial charge in [-0.25, -0.2) is 4.68 Å². The predicted molar refractivity (Wildman–Crippen MR) is 160 cm³/mol. The second-order valence-corrected chi connectivity index (χ2v) is 11.8. The number of carbonyl (C=O) groups is 4. The highest BCUT2D eigenvalue weighted by Crippen LogP contribution is 2.31. The zero-order valence-corrected chi connectivity index (χ0v) is 24.8. The van der Waals surface area contributed by atoms with E-state index in [0.29, 0.717) is 17.2 Å². The number of carbonyl (C=O) groups excluding carboxylic acids is 4. The Morgan fingerprint density at radius 3 is 2.48 bits per heavy atom. The summed E-state index contributed by atoms with van der Waals surface area (Å²) in [5.74, 6) is -1.44. The quantitative estimate of drug-likeness (QED) is 0.390. The summed E-state index contributed by atoms with van der Waals surface area (Å²) >= 11 is 0. The van der Waals surface area contributed by atoms with Gasteiger partial charge in [-0.05, 0) is 62.1 Å². The zero-order chi connectivity index (χ0) is 31.1. The molecular weight excluding hydrogens is 564 g/mol. The Bertz CT molecular complexity index is 1720. The Balaban J connectivity index is 1.08. The van der Waals surface area contributed by atoms with Crippen LogP contribution in [0.15, 0.2) is 53.5 Å². The van der Waals surface area contributed by atoms with Crippen LogP contribution < -0.4 is 20.9 Å². The fraction of sp³-hybridized carbons (Fsp3) is 0.375. The summed E-state index contributed by atoms with van der Waals surface area (Å²) in [7, 11) is 3.74. The van der Waals surface area contributed by atoms with Crippen LogP contribution >= 0.6 is 0 Å². The van der Waals surface area contributed by atoms with Gasteiger partial charge in [-0.3, -0.25) is 34.2 Å². The average Bonchev–Trinajstić information content (AvgIpc) is 3.25. The number of hydrogen-bond acceptors (Lipinski definition) is 9. The Labute approximate surface area is 254 Å². The largest absolute Gasteiger partial charge is 0.489 e. The molecule has 1 aromatic heterocycles. The van der Waals surface area contributed by atoms with Gasteiger partial charge in [-0.2, -0.15) is 5.10 Å². The first kappa shape index (κ1) is 29.2. The first-order chi connectivity index (χ1) is 21.1. The monoisotopic (exact) mass is 598 g/mol. The van der Waals surface area contributed by atoms with Crippen LogP contribution in [0.1, 0.15) is 62.6 Å². The number of rotatable bonds is 7. The van der Waals surface area contributed by atoms with Gasteiger partial charge in [0.05, 0.1) is 23.0 Å². The minimum absolute atomic E-state index is 0.0688. The van der Waals surface area contributed by atoms with E-state index in [9.17, 15) is 24.0 Å². The van der Waals surface area contributed by atoms with E-state index in [-0.39, 0.29) is 42.2 Å². The van der Waals surface area contributed by atoms with E-state index in [0.717, 1.165) is 35.7 Å². The topological polar surface area (TPSA) is 143 Å². The summed E-state index contributed by atoms with van der Waals surface area (Å²) < 4.78 is 7.31. The molecule has 3 aliphatic rings. The summed E-state index contributed by atoms with van der Waals surface area (Å²) in [5, 5.41) is 9.89. The number of imide groups is 2. The highest BCUT2D eigenvalue weighted by Gasteiger charge is 2.44. The molecular formula is C32H34N6O6. The van der Waals surface area contributed by atoms with Crippen molar-refractivity contribution in [1.82, 2.24) is 24.9 Å². The highest BCUT2D eigenvalue weighted by atomic mass is 16.5. The van der Waals surface area contributed by atoms with Gasteiger partial charge in [-0.15, -0.1) is 0 Å². The number of likely N-dealkylation sites (N-methyl/N-ethyl adjacent to an activating group) is 1. The van der Waals surface area contributed by atoms with Gasteiger partial charge >= 0.3 is 0 Å². The number of ether oxygens (including phenoxy) is 1. The molecule has 12 nitrogen and oxygen atoms in total. The molecule has 0 saturated carbocycles. The highest BCUT2D eigenvalue weighted by molar-refractivity contribution is 6.23. The van der Waals surface area contributed by atoms with E-state index in [1.165, 1.54) is 22.4 Å². The number of hydrogen-bond donors (Lipinski definition) is 2. The summed E-state index contributed by atoms with van der Waals surface area (Å²) in [6.45, 7) is 3.85. The maximum absolute atomic E-state index is 13.1. The number of piperidine rings is 2. The van der Waals surface area contributed by atoms with Crippen LogP contribution in [0.5, 0.6) is 5.75 Å². The predicted octanol–water partition coefficient (Wildman–Crippen LogP) is 1.97. The van der Waals surface area contributed by atoms with Crippen LogP contribution in [0, 0.1) is 6.92 Å². The van der Waals surface area contributed by atoms with Gasteiger partial charge in [0.2, 0.25) is 11.8 Å². The number of fused-ring (bicyclic) bond motifs is 1. The van der Waals surface area contributed by atoms with Gasteiger partial charge in [0.25, 0.3) is 17.4 Å². The summed E-state index contributed by atoms with van der Waals surface area (Å²) in [5.41, 5.74) is 3.86. The molecule has 0 spiro atoms. The van der Waals surface area contributed by atoms with Crippen molar-refractivity contribution in [2.24, 2.45) is 7.05 Å². The molecule has 228 valence electrons. The lowest BCUT2D eigenvalue weighted by molar-refractivity contribution is -0.136. The van der Waals surface area contributed by atoms with E-state index in [1.807, 2.05) is 19.1 Å². The lowest BCUT2D eigenvalue weighted by atomic mass is 9.87. The molecule has 2 fully saturated rings. The van der Waals surface area contributed by atoms with Crippen molar-refractivity contribution in [2.75, 3.05) is 25.5 Å². The van der Waals surface area contributed by atoms with Crippen LogP contribution in [-0.4, -0.2) is 75.4 Å². The molecule has 2 N–H and O–H groups in total. The van der Waals surface area contributed by atoms with Gasteiger partial charge < -0.3 is 15.0 Å². The van der Waals surface area contributed by atoms with Crippen LogP contribution in [0.25, 0.3) is 0 Å². The van der Waals surface area contributed by atoms with Crippen LogP contribution in [0.2, 0.25) is 0 Å². The third kappa shape index (κ3) is 5.60. The molecule has 3 unspecified atom stereocenters. The summed E-state index contributed by atoms with van der Waals surface area (Å²) in [6, 6.07) is 12.1. The minimum Gasteiger partial charge on any atom is -0.489 e. The van der Waals surface area contributed by atoms with Crippen molar-refractivity contribution >= 4 is 29.3 Å². The SMILES string of the molecule is Cc1c(NC2CC(c3ccc(COc4ccc5c(c4)C(=O)N(C4CCC(=O)NC4=O)C5=O)cc3)CN(C)C2)cnn(C)c1=O. The number of likely N-dealkylation sites (tertiary alicyclic amines) is 1. The third-order valence-corrected chi connectivity index (χ3v) is 8.64. The Morgan fingerprint density at radius 2 is 1.73 bits per heavy atom. The second-order valence-electron chi connectivity index (χ2n) is 11.8. The first-order valence-electron chi connectivity index (χ1n) is 14.6. The van der Waals surface area contributed by atoms with Crippen molar-refractivity contribution in [3.63, 3.8) is 0 Å². The van der Waals surface area contributed by atoms with Gasteiger partial charge in [0, 0.05) is 38.2 Å². The van der Waals surface area contributed by atoms with E-state index >= 15 is 0 Å². The lowest BCUT2D eigenvalue weighted by Gasteiger charge is -2.37. The fourth-order valence-electron chi connectivity index (χ4n) is 6.28. The van der Waals surface area contributed by atoms with E-state index in [4.69, 9.17) is 4.74 Å². The van der Waals surface area contributed by atoms with Crippen molar-refractivity contribution in [3.05, 3.63) is 86.8 Å². The van der Waals surface area contributed by atoms with E-state index in [1.54, 1.807) is 19.3 Å². The van der Waals surface area contributed by atoms with Crippen molar-refractivity contribution in [1.29, 1.82) is 0 Å². The van der Waals surface area contributed by atoms with Crippen LogP contribution in [0.4, 0.5) is 5.69 Å². The molecule has 0 aliphatic carbocycles. The normalized spacial score (nSPS) is 22.2. The van der Waals surface area contributed by atoms with Gasteiger partial charge in [0.15, 0.2) is 0 Å². The lowest BCUT2D eigenvalue weighted by Crippen LogP contribution is -2.54. The molecule has 2 saturated heterocycles. The van der Waals surface area contributed by atoms with E-state index in [2.05, 4.69) is 39.8 Å². The summed E-state index contributed by atoms with van der Waals surface area (Å²) in [6.07, 6.45) is 2.79.